The van der Waals surface area contributed by atoms with Crippen molar-refractivity contribution < 1.29 is 4.79 Å². The number of carbonyl (C=O) groups is 1. The van der Waals surface area contributed by atoms with Crippen molar-refractivity contribution in [3.05, 3.63) is 42.7 Å². The average Bonchev–Trinajstić information content (AvgIpc) is 3.17. The van der Waals surface area contributed by atoms with Gasteiger partial charge in [0.25, 0.3) is 5.78 Å². The Labute approximate surface area is 158 Å². The first-order valence-corrected chi connectivity index (χ1v) is 9.46. The minimum atomic E-state index is -0.357. The molecule has 2 aromatic heterocycles. The van der Waals surface area contributed by atoms with E-state index in [4.69, 9.17) is 0 Å². The molecule has 140 valence electrons. The fourth-order valence-electron chi connectivity index (χ4n) is 3.63. The Balaban J connectivity index is 1.63. The van der Waals surface area contributed by atoms with Crippen LogP contribution in [0, 0.1) is 0 Å². The first-order chi connectivity index (χ1) is 13.1. The zero-order valence-corrected chi connectivity index (χ0v) is 15.7. The molecule has 1 fully saturated rings. The van der Waals surface area contributed by atoms with Crippen LogP contribution < -0.4 is 5.32 Å². The van der Waals surface area contributed by atoms with Crippen LogP contribution in [0.4, 0.5) is 5.82 Å². The summed E-state index contributed by atoms with van der Waals surface area (Å²) in [7, 11) is 0. The van der Waals surface area contributed by atoms with Crippen LogP contribution in [0.1, 0.15) is 33.1 Å². The van der Waals surface area contributed by atoms with E-state index in [-0.39, 0.29) is 11.9 Å². The summed E-state index contributed by atoms with van der Waals surface area (Å²) < 4.78 is 1.63. The van der Waals surface area contributed by atoms with E-state index in [1.54, 1.807) is 4.52 Å². The van der Waals surface area contributed by atoms with E-state index < -0.39 is 0 Å². The number of benzene rings is 1. The van der Waals surface area contributed by atoms with E-state index in [0.29, 0.717) is 17.6 Å². The van der Waals surface area contributed by atoms with Gasteiger partial charge in [-0.1, -0.05) is 30.3 Å². The number of hydrogen-bond donors (Lipinski definition) is 1. The van der Waals surface area contributed by atoms with E-state index >= 15 is 0 Å². The summed E-state index contributed by atoms with van der Waals surface area (Å²) in [5, 5.41) is 7.58. The lowest BCUT2D eigenvalue weighted by molar-refractivity contribution is -0.134. The number of aromatic nitrogens is 4. The lowest BCUT2D eigenvalue weighted by Crippen LogP contribution is -2.48. The summed E-state index contributed by atoms with van der Waals surface area (Å²) in [6.07, 6.45) is 4.81. The smallest absolute Gasteiger partial charge is 0.254 e. The van der Waals surface area contributed by atoms with Crippen molar-refractivity contribution in [3.63, 3.8) is 0 Å². The number of hydrogen-bond acceptors (Lipinski definition) is 5. The predicted octanol–water partition coefficient (Wildman–Crippen LogP) is 2.99. The first-order valence-electron chi connectivity index (χ1n) is 9.46. The van der Waals surface area contributed by atoms with Gasteiger partial charge < -0.3 is 10.2 Å². The number of fused-ring (bicyclic) bond motifs is 1. The number of carbonyl (C=O) groups excluding carboxylic acids is 1. The van der Waals surface area contributed by atoms with Crippen LogP contribution in [0.25, 0.3) is 17.0 Å². The molecule has 1 aliphatic heterocycles. The van der Waals surface area contributed by atoms with Crippen molar-refractivity contribution in [1.29, 1.82) is 0 Å². The van der Waals surface area contributed by atoms with Crippen molar-refractivity contribution >= 4 is 17.5 Å². The van der Waals surface area contributed by atoms with Gasteiger partial charge in [-0.25, -0.2) is 4.98 Å². The minimum Gasteiger partial charge on any atom is -0.358 e. The van der Waals surface area contributed by atoms with Crippen molar-refractivity contribution in [1.82, 2.24) is 24.5 Å². The van der Waals surface area contributed by atoms with Crippen LogP contribution in [0.2, 0.25) is 0 Å². The highest BCUT2D eigenvalue weighted by Crippen LogP contribution is 2.23. The molecule has 0 bridgehead atoms. The zero-order chi connectivity index (χ0) is 18.8. The molecular weight excluding hydrogens is 340 g/mol. The second-order valence-corrected chi connectivity index (χ2v) is 7.11. The molecule has 1 aromatic carbocycles. The summed E-state index contributed by atoms with van der Waals surface area (Å²) >= 11 is 0. The monoisotopic (exact) mass is 364 g/mol. The molecule has 2 unspecified atom stereocenters. The van der Waals surface area contributed by atoms with Gasteiger partial charge in [0, 0.05) is 24.2 Å². The molecule has 3 heterocycles. The van der Waals surface area contributed by atoms with Crippen LogP contribution in [0.3, 0.4) is 0 Å². The molecule has 1 aliphatic rings. The van der Waals surface area contributed by atoms with E-state index in [9.17, 15) is 4.79 Å². The number of rotatable bonds is 4. The molecule has 27 heavy (non-hydrogen) atoms. The zero-order valence-electron chi connectivity index (χ0n) is 15.7. The lowest BCUT2D eigenvalue weighted by Gasteiger charge is -2.35. The third-order valence-corrected chi connectivity index (χ3v) is 5.14. The predicted molar refractivity (Wildman–Crippen MR) is 104 cm³/mol. The van der Waals surface area contributed by atoms with Crippen molar-refractivity contribution in [2.75, 3.05) is 11.9 Å². The molecule has 0 aliphatic carbocycles. The molecule has 2 atom stereocenters. The Morgan fingerprint density at radius 3 is 2.85 bits per heavy atom. The second kappa shape index (κ2) is 7.34. The Bertz CT molecular complexity index is 938. The van der Waals surface area contributed by atoms with Crippen molar-refractivity contribution in [2.24, 2.45) is 0 Å². The van der Waals surface area contributed by atoms with Crippen molar-refractivity contribution in [2.45, 2.75) is 45.2 Å². The molecule has 1 amide bonds. The molecule has 0 spiro atoms. The Kier molecular flexibility index (Phi) is 4.75. The van der Waals surface area contributed by atoms with Gasteiger partial charge in [0.2, 0.25) is 5.91 Å². The van der Waals surface area contributed by atoms with Gasteiger partial charge in [0.15, 0.2) is 0 Å². The number of piperidine rings is 1. The van der Waals surface area contributed by atoms with Gasteiger partial charge in [0.05, 0.1) is 5.69 Å². The molecule has 0 saturated carbocycles. The molecule has 0 radical (unpaired) electrons. The summed E-state index contributed by atoms with van der Waals surface area (Å²) in [6, 6.07) is 11.8. The lowest BCUT2D eigenvalue weighted by atomic mass is 10.0. The van der Waals surface area contributed by atoms with E-state index in [0.717, 1.165) is 30.6 Å². The quantitative estimate of drug-likeness (QED) is 0.770. The number of likely N-dealkylation sites (tertiary alicyclic amines) is 1. The second-order valence-electron chi connectivity index (χ2n) is 7.11. The van der Waals surface area contributed by atoms with Crippen LogP contribution in [-0.4, -0.2) is 49.0 Å². The maximum Gasteiger partial charge on any atom is 0.254 e. The number of nitrogens with zero attached hydrogens (tertiary/aromatic N) is 5. The minimum absolute atomic E-state index is 0.119. The molecular formula is C20H24N6O. The molecule has 1 N–H and O–H groups in total. The van der Waals surface area contributed by atoms with Crippen LogP contribution >= 0.6 is 0 Å². The summed E-state index contributed by atoms with van der Waals surface area (Å²) in [5.74, 6) is 1.33. The molecule has 1 saturated heterocycles. The maximum atomic E-state index is 12.9. The summed E-state index contributed by atoms with van der Waals surface area (Å²) in [6.45, 7) is 4.85. The van der Waals surface area contributed by atoms with Gasteiger partial charge in [-0.3, -0.25) is 4.79 Å². The first kappa shape index (κ1) is 17.5. The topological polar surface area (TPSA) is 75.4 Å². The summed E-state index contributed by atoms with van der Waals surface area (Å²) in [4.78, 5) is 23.7. The van der Waals surface area contributed by atoms with Crippen LogP contribution in [0.5, 0.6) is 0 Å². The van der Waals surface area contributed by atoms with Gasteiger partial charge in [-0.05, 0) is 33.1 Å². The van der Waals surface area contributed by atoms with Crippen molar-refractivity contribution in [3.8, 4) is 11.3 Å². The molecule has 7 heteroatoms. The van der Waals surface area contributed by atoms with Gasteiger partial charge in [0.1, 0.15) is 18.2 Å². The Morgan fingerprint density at radius 1 is 1.26 bits per heavy atom. The third kappa shape index (κ3) is 3.49. The standard InChI is InChI=1S/C20H24N6O/c1-14-8-6-7-11-25(14)19(27)15(2)23-18-12-17(16-9-4-3-5-10-16)24-20-21-13-22-26(18)20/h3-5,9-10,12-15,23H,6-8,11H2,1-2H3. The van der Waals surface area contributed by atoms with Gasteiger partial charge in [-0.2, -0.15) is 14.6 Å². The SMILES string of the molecule is CC(Nc1cc(-c2ccccc2)nc2ncnn12)C(=O)N1CCCCC1C. The fourth-order valence-corrected chi connectivity index (χ4v) is 3.63. The van der Waals surface area contributed by atoms with E-state index in [1.165, 1.54) is 12.7 Å². The van der Waals surface area contributed by atoms with Gasteiger partial charge >= 0.3 is 0 Å². The Hall–Kier alpha value is -2.96. The highest BCUT2D eigenvalue weighted by atomic mass is 16.2. The van der Waals surface area contributed by atoms with E-state index in [1.807, 2.05) is 48.2 Å². The molecule has 3 aromatic rings. The highest BCUT2D eigenvalue weighted by molar-refractivity contribution is 5.84. The third-order valence-electron chi connectivity index (χ3n) is 5.14. The fraction of sp³-hybridized carbons (Fsp3) is 0.400. The largest absolute Gasteiger partial charge is 0.358 e. The molecule has 4 rings (SSSR count). The maximum absolute atomic E-state index is 12.9. The number of amides is 1. The Morgan fingerprint density at radius 2 is 2.07 bits per heavy atom. The van der Waals surface area contributed by atoms with Crippen LogP contribution in [0.15, 0.2) is 42.7 Å². The van der Waals surface area contributed by atoms with Gasteiger partial charge in [-0.15, -0.1) is 0 Å². The number of nitrogens with one attached hydrogen (secondary N) is 1. The van der Waals surface area contributed by atoms with Crippen LogP contribution in [-0.2, 0) is 4.79 Å². The molecule has 7 nitrogen and oxygen atoms in total. The summed E-state index contributed by atoms with van der Waals surface area (Å²) in [5.41, 5.74) is 1.79. The highest BCUT2D eigenvalue weighted by Gasteiger charge is 2.27. The number of anilines is 1. The van der Waals surface area contributed by atoms with E-state index in [2.05, 4.69) is 27.3 Å². The normalized spacial score (nSPS) is 18.4. The average molecular weight is 364 g/mol.